The van der Waals surface area contributed by atoms with E-state index in [1.165, 1.54) is 37.7 Å². The fourth-order valence-corrected chi connectivity index (χ4v) is 3.13. The topological polar surface area (TPSA) is 63.3 Å². The minimum absolute atomic E-state index is 0.0310. The molecule has 3 nitrogen and oxygen atoms in total. The normalized spacial score (nSPS) is 32.2. The lowest BCUT2D eigenvalue weighted by Gasteiger charge is -2.36. The summed E-state index contributed by atoms with van der Waals surface area (Å²) in [6.07, 6.45) is 9.09. The van der Waals surface area contributed by atoms with Crippen LogP contribution in [-0.4, -0.2) is 11.0 Å². The van der Waals surface area contributed by atoms with Gasteiger partial charge in [-0.15, -0.1) is 0 Å². The monoisotopic (exact) mass is 299 g/mol. The lowest BCUT2D eigenvalue weighted by Crippen LogP contribution is -2.23. The number of primary amides is 1. The zero-order valence-electron chi connectivity index (χ0n) is 9.79. The second-order valence-corrected chi connectivity index (χ2v) is 5.84. The number of rotatable bonds is 2. The number of fused-ring (bicyclic) bond motifs is 2. The fourth-order valence-electron chi connectivity index (χ4n) is 3.02. The Morgan fingerprint density at radius 3 is 2.88 bits per heavy atom. The Bertz CT molecular complexity index is 387. The van der Waals surface area contributed by atoms with E-state index >= 15 is 0 Å². The summed E-state index contributed by atoms with van der Waals surface area (Å²) in [4.78, 5) is 10.9. The molecule has 2 unspecified atom stereocenters. The lowest BCUT2D eigenvalue weighted by molar-refractivity contribution is -0.114. The standard InChI is InChI=1S/C13H18BrNO2/c14-12(13(15)17)11(16)7-10-5-4-8-2-1-3-9(10)6-8/h7-9,16H,1-6H2,(H2,15,17)/b10-7+,12-11-. The van der Waals surface area contributed by atoms with Gasteiger partial charge in [0.25, 0.3) is 5.91 Å². The molecule has 0 heterocycles. The Kier molecular flexibility index (Phi) is 3.92. The Labute approximate surface area is 110 Å². The SMILES string of the molecule is NC(=O)/C(Br)=C(O)\C=C1/CCC2CCCC1C2. The molecule has 2 fully saturated rings. The number of carbonyl (C=O) groups is 1. The summed E-state index contributed by atoms with van der Waals surface area (Å²) in [5.41, 5.74) is 6.38. The summed E-state index contributed by atoms with van der Waals surface area (Å²) in [5.74, 6) is 0.808. The molecule has 0 spiro atoms. The van der Waals surface area contributed by atoms with Gasteiger partial charge in [0.1, 0.15) is 10.2 Å². The van der Waals surface area contributed by atoms with Crippen LogP contribution in [0.15, 0.2) is 21.9 Å². The van der Waals surface area contributed by atoms with Crippen molar-refractivity contribution in [2.45, 2.75) is 38.5 Å². The number of aliphatic hydroxyl groups excluding tert-OH is 1. The van der Waals surface area contributed by atoms with Crippen molar-refractivity contribution in [1.82, 2.24) is 0 Å². The van der Waals surface area contributed by atoms with Crippen LogP contribution in [0.1, 0.15) is 38.5 Å². The molecule has 0 aliphatic heterocycles. The Hall–Kier alpha value is -0.770. The molecule has 0 aromatic rings. The van der Waals surface area contributed by atoms with E-state index in [2.05, 4.69) is 15.9 Å². The van der Waals surface area contributed by atoms with Gasteiger partial charge in [0.15, 0.2) is 0 Å². The van der Waals surface area contributed by atoms with Crippen molar-refractivity contribution in [3.63, 3.8) is 0 Å². The summed E-state index contributed by atoms with van der Waals surface area (Å²) in [6, 6.07) is 0. The fraction of sp³-hybridized carbons (Fsp3) is 0.615. The van der Waals surface area contributed by atoms with Crippen LogP contribution in [0.5, 0.6) is 0 Å². The zero-order valence-corrected chi connectivity index (χ0v) is 11.4. The first-order chi connectivity index (χ1) is 8.08. The van der Waals surface area contributed by atoms with Crippen molar-refractivity contribution in [2.75, 3.05) is 0 Å². The van der Waals surface area contributed by atoms with Gasteiger partial charge in [0, 0.05) is 0 Å². The summed E-state index contributed by atoms with van der Waals surface area (Å²) in [6.45, 7) is 0. The maximum Gasteiger partial charge on any atom is 0.259 e. The van der Waals surface area contributed by atoms with E-state index in [0.717, 1.165) is 12.3 Å². The molecular formula is C13H18BrNO2. The van der Waals surface area contributed by atoms with Crippen LogP contribution in [0.2, 0.25) is 0 Å². The number of nitrogens with two attached hydrogens (primary N) is 1. The third kappa shape index (κ3) is 2.92. The van der Waals surface area contributed by atoms with Gasteiger partial charge in [-0.1, -0.05) is 18.4 Å². The number of aliphatic hydroxyl groups is 1. The molecule has 2 aliphatic carbocycles. The molecular weight excluding hydrogens is 282 g/mol. The Balaban J connectivity index is 2.16. The van der Waals surface area contributed by atoms with Crippen molar-refractivity contribution in [3.8, 4) is 0 Å². The summed E-state index contributed by atoms with van der Waals surface area (Å²) in [7, 11) is 0. The highest BCUT2D eigenvalue weighted by molar-refractivity contribution is 9.12. The first-order valence-corrected chi connectivity index (χ1v) is 6.96. The van der Waals surface area contributed by atoms with E-state index in [0.29, 0.717) is 5.92 Å². The minimum Gasteiger partial charge on any atom is -0.507 e. The first kappa shape index (κ1) is 12.7. The van der Waals surface area contributed by atoms with Gasteiger partial charge in [0.2, 0.25) is 0 Å². The van der Waals surface area contributed by atoms with Crippen LogP contribution in [0.25, 0.3) is 0 Å². The highest BCUT2D eigenvalue weighted by Crippen LogP contribution is 2.43. The zero-order chi connectivity index (χ0) is 12.4. The maximum absolute atomic E-state index is 10.9. The van der Waals surface area contributed by atoms with Crippen molar-refractivity contribution >= 4 is 21.8 Å². The van der Waals surface area contributed by atoms with Crippen LogP contribution < -0.4 is 5.73 Å². The summed E-state index contributed by atoms with van der Waals surface area (Å²) >= 11 is 3.01. The average molecular weight is 300 g/mol. The largest absolute Gasteiger partial charge is 0.507 e. The van der Waals surface area contributed by atoms with Gasteiger partial charge in [-0.3, -0.25) is 4.79 Å². The third-order valence-electron chi connectivity index (χ3n) is 3.91. The minimum atomic E-state index is -0.628. The van der Waals surface area contributed by atoms with Crippen LogP contribution in [0.3, 0.4) is 0 Å². The van der Waals surface area contributed by atoms with Crippen molar-refractivity contribution in [3.05, 3.63) is 21.9 Å². The number of carbonyl (C=O) groups excluding carboxylic acids is 1. The van der Waals surface area contributed by atoms with E-state index < -0.39 is 5.91 Å². The molecule has 1 amide bonds. The quantitative estimate of drug-likeness (QED) is 0.608. The van der Waals surface area contributed by atoms with E-state index in [1.54, 1.807) is 6.08 Å². The molecule has 2 aliphatic rings. The molecule has 0 radical (unpaired) electrons. The number of amides is 1. The van der Waals surface area contributed by atoms with Crippen molar-refractivity contribution < 1.29 is 9.90 Å². The molecule has 0 aromatic carbocycles. The molecule has 2 saturated carbocycles. The number of allylic oxidation sites excluding steroid dienone is 2. The summed E-state index contributed by atoms with van der Waals surface area (Å²) < 4.78 is 0.0722. The van der Waals surface area contributed by atoms with Crippen LogP contribution in [0, 0.1) is 11.8 Å². The van der Waals surface area contributed by atoms with Crippen LogP contribution in [0.4, 0.5) is 0 Å². The highest BCUT2D eigenvalue weighted by Gasteiger charge is 2.29. The van der Waals surface area contributed by atoms with E-state index in [-0.39, 0.29) is 10.2 Å². The first-order valence-electron chi connectivity index (χ1n) is 6.17. The maximum atomic E-state index is 10.9. The average Bonchev–Trinajstić information content (AvgIpc) is 2.32. The molecule has 4 heteroatoms. The van der Waals surface area contributed by atoms with E-state index in [4.69, 9.17) is 5.73 Å². The summed E-state index contributed by atoms with van der Waals surface area (Å²) in [5, 5.41) is 9.79. The molecule has 0 aromatic heterocycles. The molecule has 94 valence electrons. The van der Waals surface area contributed by atoms with Gasteiger partial charge in [-0.05, 0) is 59.5 Å². The third-order valence-corrected chi connectivity index (χ3v) is 4.71. The predicted octanol–water partition coefficient (Wildman–Crippen LogP) is 3.16. The molecule has 2 bridgehead atoms. The molecule has 17 heavy (non-hydrogen) atoms. The van der Waals surface area contributed by atoms with Gasteiger partial charge in [-0.2, -0.15) is 0 Å². The van der Waals surface area contributed by atoms with Gasteiger partial charge in [-0.25, -0.2) is 0 Å². The lowest BCUT2D eigenvalue weighted by atomic mass is 9.69. The number of hydrogen-bond donors (Lipinski definition) is 2. The molecule has 2 rings (SSSR count). The second kappa shape index (κ2) is 5.25. The molecule has 0 saturated heterocycles. The van der Waals surface area contributed by atoms with Gasteiger partial charge < -0.3 is 10.8 Å². The highest BCUT2D eigenvalue weighted by atomic mass is 79.9. The molecule has 3 N–H and O–H groups in total. The van der Waals surface area contributed by atoms with Crippen molar-refractivity contribution in [1.29, 1.82) is 0 Å². The van der Waals surface area contributed by atoms with Gasteiger partial charge in [0.05, 0.1) is 0 Å². The van der Waals surface area contributed by atoms with E-state index in [1.807, 2.05) is 0 Å². The van der Waals surface area contributed by atoms with Gasteiger partial charge >= 0.3 is 0 Å². The van der Waals surface area contributed by atoms with Crippen LogP contribution >= 0.6 is 15.9 Å². The number of hydrogen-bond acceptors (Lipinski definition) is 2. The Morgan fingerprint density at radius 2 is 2.18 bits per heavy atom. The Morgan fingerprint density at radius 1 is 1.41 bits per heavy atom. The van der Waals surface area contributed by atoms with Crippen molar-refractivity contribution in [2.24, 2.45) is 17.6 Å². The smallest absolute Gasteiger partial charge is 0.259 e. The molecule has 2 atom stereocenters. The van der Waals surface area contributed by atoms with Crippen LogP contribution in [-0.2, 0) is 4.79 Å². The van der Waals surface area contributed by atoms with E-state index in [9.17, 15) is 9.90 Å². The number of halogens is 1. The predicted molar refractivity (Wildman–Crippen MR) is 70.5 cm³/mol. The second-order valence-electron chi connectivity index (χ2n) is 5.05.